The van der Waals surface area contributed by atoms with Gasteiger partial charge in [-0.25, -0.2) is 10.2 Å². The fraction of sp³-hybridized carbons (Fsp3) is 0.400. The molecule has 0 bridgehead atoms. The van der Waals surface area contributed by atoms with Crippen LogP contribution >= 0.6 is 0 Å². The van der Waals surface area contributed by atoms with Crippen LogP contribution in [0.25, 0.3) is 10.9 Å². The molecule has 1 N–H and O–H groups in total. The summed E-state index contributed by atoms with van der Waals surface area (Å²) in [5.74, 6) is -0.308. The van der Waals surface area contributed by atoms with Crippen LogP contribution < -0.4 is 5.43 Å². The molecule has 0 aliphatic carbocycles. The minimum atomic E-state index is -0.593. The van der Waals surface area contributed by atoms with E-state index >= 15 is 0 Å². The third-order valence-corrected chi connectivity index (χ3v) is 4.20. The lowest BCUT2D eigenvalue weighted by Gasteiger charge is -2.27. The average Bonchev–Trinajstić information content (AvgIpc) is 3.10. The number of aromatic nitrogens is 1. The van der Waals surface area contributed by atoms with E-state index in [1.54, 1.807) is 33.2 Å². The van der Waals surface area contributed by atoms with Crippen molar-refractivity contribution in [2.45, 2.75) is 45.3 Å². The number of benzene rings is 1. The molecule has 1 fully saturated rings. The van der Waals surface area contributed by atoms with Gasteiger partial charge in [0.05, 0.1) is 11.7 Å². The maximum atomic E-state index is 12.4. The molecule has 0 unspecified atom stereocenters. The van der Waals surface area contributed by atoms with E-state index in [1.807, 2.05) is 30.3 Å². The summed E-state index contributed by atoms with van der Waals surface area (Å²) < 4.78 is 5.38. The van der Waals surface area contributed by atoms with Gasteiger partial charge >= 0.3 is 6.09 Å². The fourth-order valence-corrected chi connectivity index (χ4v) is 3.00. The maximum absolute atomic E-state index is 12.4. The highest BCUT2D eigenvalue weighted by Crippen LogP contribution is 2.21. The van der Waals surface area contributed by atoms with Gasteiger partial charge in [-0.05, 0) is 57.4 Å². The molecule has 1 aliphatic rings. The van der Waals surface area contributed by atoms with Gasteiger partial charge in [0.2, 0.25) is 0 Å². The number of ether oxygens (including phenoxy) is 1. The van der Waals surface area contributed by atoms with E-state index < -0.39 is 17.7 Å². The van der Waals surface area contributed by atoms with Crippen LogP contribution in [0.3, 0.4) is 0 Å². The zero-order chi connectivity index (χ0) is 19.4. The molecule has 3 rings (SSSR count). The predicted octanol–water partition coefficient (Wildman–Crippen LogP) is 3.08. The lowest BCUT2D eigenvalue weighted by molar-refractivity contribution is -0.125. The first-order chi connectivity index (χ1) is 12.8. The number of hydrogen-bond acceptors (Lipinski definition) is 5. The van der Waals surface area contributed by atoms with Crippen molar-refractivity contribution < 1.29 is 14.3 Å². The SMILES string of the molecule is CC(C)(C)OC(=O)N1CCC[C@H]1C(=O)N/N=C\c1ccc2ncccc2c1. The molecule has 2 aromatic rings. The molecule has 1 aliphatic heterocycles. The predicted molar refractivity (Wildman–Crippen MR) is 103 cm³/mol. The van der Waals surface area contributed by atoms with E-state index in [2.05, 4.69) is 15.5 Å². The molecule has 0 radical (unpaired) electrons. The van der Waals surface area contributed by atoms with Gasteiger partial charge in [-0.3, -0.25) is 14.7 Å². The van der Waals surface area contributed by atoms with Crippen LogP contribution in [0, 0.1) is 0 Å². The molecule has 2 heterocycles. The molecular weight excluding hydrogens is 344 g/mol. The van der Waals surface area contributed by atoms with Crippen molar-refractivity contribution in [1.29, 1.82) is 0 Å². The third-order valence-electron chi connectivity index (χ3n) is 4.20. The van der Waals surface area contributed by atoms with Gasteiger partial charge in [0.1, 0.15) is 11.6 Å². The largest absolute Gasteiger partial charge is 0.444 e. The van der Waals surface area contributed by atoms with Crippen LogP contribution in [0.1, 0.15) is 39.2 Å². The van der Waals surface area contributed by atoms with E-state index in [-0.39, 0.29) is 5.91 Å². The Bertz CT molecular complexity index is 873. The summed E-state index contributed by atoms with van der Waals surface area (Å²) >= 11 is 0. The molecule has 7 heteroatoms. The van der Waals surface area contributed by atoms with Crippen LogP contribution in [-0.2, 0) is 9.53 Å². The van der Waals surface area contributed by atoms with Crippen molar-refractivity contribution in [2.24, 2.45) is 5.10 Å². The standard InChI is InChI=1S/C20H24N4O3/c1-20(2,3)27-19(26)24-11-5-7-17(24)18(25)23-22-13-14-8-9-16-15(12-14)6-4-10-21-16/h4,6,8-10,12-13,17H,5,7,11H2,1-3H3,(H,23,25)/b22-13-/t17-/m0/s1. The molecule has 0 saturated carbocycles. The van der Waals surface area contributed by atoms with Crippen molar-refractivity contribution in [3.05, 3.63) is 42.1 Å². The topological polar surface area (TPSA) is 83.9 Å². The van der Waals surface area contributed by atoms with Crippen molar-refractivity contribution >= 4 is 29.1 Å². The maximum Gasteiger partial charge on any atom is 0.410 e. The summed E-state index contributed by atoms with van der Waals surface area (Å²) in [6.45, 7) is 5.92. The van der Waals surface area contributed by atoms with Crippen LogP contribution in [-0.4, -0.2) is 46.3 Å². The molecule has 1 aromatic heterocycles. The Hall–Kier alpha value is -2.96. The molecule has 27 heavy (non-hydrogen) atoms. The van der Waals surface area contributed by atoms with E-state index in [0.29, 0.717) is 13.0 Å². The normalized spacial score (nSPS) is 17.4. The summed E-state index contributed by atoms with van der Waals surface area (Å²) in [5, 5.41) is 5.04. The van der Waals surface area contributed by atoms with Crippen LogP contribution in [0.2, 0.25) is 0 Å². The smallest absolute Gasteiger partial charge is 0.410 e. The number of nitrogens with zero attached hydrogens (tertiary/aromatic N) is 3. The van der Waals surface area contributed by atoms with Gasteiger partial charge in [0.25, 0.3) is 5.91 Å². The van der Waals surface area contributed by atoms with Crippen LogP contribution in [0.4, 0.5) is 4.79 Å². The molecular formula is C20H24N4O3. The second kappa shape index (κ2) is 7.73. The van der Waals surface area contributed by atoms with Gasteiger partial charge in [-0.2, -0.15) is 5.10 Å². The second-order valence-corrected chi connectivity index (χ2v) is 7.52. The van der Waals surface area contributed by atoms with Crippen molar-refractivity contribution in [1.82, 2.24) is 15.3 Å². The minimum absolute atomic E-state index is 0.308. The van der Waals surface area contributed by atoms with Crippen molar-refractivity contribution in [3.63, 3.8) is 0 Å². The highest BCUT2D eigenvalue weighted by Gasteiger charge is 2.36. The second-order valence-electron chi connectivity index (χ2n) is 7.52. The van der Waals surface area contributed by atoms with E-state index in [9.17, 15) is 9.59 Å². The molecule has 2 amide bonds. The van der Waals surface area contributed by atoms with Gasteiger partial charge in [0.15, 0.2) is 0 Å². The summed E-state index contributed by atoms with van der Waals surface area (Å²) in [7, 11) is 0. The van der Waals surface area contributed by atoms with Crippen LogP contribution in [0.5, 0.6) is 0 Å². The summed E-state index contributed by atoms with van der Waals surface area (Å²) in [6.07, 6.45) is 4.22. The Morgan fingerprint density at radius 3 is 2.93 bits per heavy atom. The first-order valence-electron chi connectivity index (χ1n) is 9.01. The Balaban J connectivity index is 1.62. The molecule has 142 valence electrons. The number of rotatable bonds is 3. The molecule has 1 saturated heterocycles. The number of likely N-dealkylation sites (tertiary alicyclic amines) is 1. The number of nitrogens with one attached hydrogen (secondary N) is 1. The number of carbonyl (C=O) groups is 2. The van der Waals surface area contributed by atoms with E-state index in [4.69, 9.17) is 4.74 Å². The summed E-state index contributed by atoms with van der Waals surface area (Å²) in [5.41, 5.74) is 3.69. The number of amides is 2. The fourth-order valence-electron chi connectivity index (χ4n) is 3.00. The quantitative estimate of drug-likeness (QED) is 0.666. The summed E-state index contributed by atoms with van der Waals surface area (Å²) in [4.78, 5) is 30.5. The average molecular weight is 368 g/mol. The highest BCUT2D eigenvalue weighted by molar-refractivity contribution is 5.90. The highest BCUT2D eigenvalue weighted by atomic mass is 16.6. The van der Waals surface area contributed by atoms with Gasteiger partial charge < -0.3 is 4.74 Å². The first-order valence-corrected chi connectivity index (χ1v) is 9.01. The molecule has 1 aromatic carbocycles. The zero-order valence-electron chi connectivity index (χ0n) is 15.8. The summed E-state index contributed by atoms with van der Waals surface area (Å²) in [6, 6.07) is 9.01. The number of hydrazone groups is 1. The Labute approximate surface area is 158 Å². The number of hydrogen-bond donors (Lipinski definition) is 1. The number of fused-ring (bicyclic) bond motifs is 1. The Kier molecular flexibility index (Phi) is 5.39. The van der Waals surface area contributed by atoms with E-state index in [1.165, 1.54) is 4.90 Å². The van der Waals surface area contributed by atoms with Crippen molar-refractivity contribution in [2.75, 3.05) is 6.54 Å². The van der Waals surface area contributed by atoms with Crippen LogP contribution in [0.15, 0.2) is 41.6 Å². The van der Waals surface area contributed by atoms with Gasteiger partial charge in [0, 0.05) is 18.1 Å². The molecule has 0 spiro atoms. The number of carbonyl (C=O) groups excluding carboxylic acids is 2. The first kappa shape index (κ1) is 18.8. The lowest BCUT2D eigenvalue weighted by Crippen LogP contribution is -2.46. The molecule has 7 nitrogen and oxygen atoms in total. The lowest BCUT2D eigenvalue weighted by atomic mass is 10.1. The number of pyridine rings is 1. The van der Waals surface area contributed by atoms with E-state index in [0.717, 1.165) is 22.9 Å². The Morgan fingerprint density at radius 1 is 1.33 bits per heavy atom. The van der Waals surface area contributed by atoms with Gasteiger partial charge in [-0.1, -0.05) is 12.1 Å². The monoisotopic (exact) mass is 368 g/mol. The Morgan fingerprint density at radius 2 is 2.15 bits per heavy atom. The third kappa shape index (κ3) is 4.81. The molecule has 1 atom stereocenters. The zero-order valence-corrected chi connectivity index (χ0v) is 15.8. The minimum Gasteiger partial charge on any atom is -0.444 e. The van der Waals surface area contributed by atoms with Gasteiger partial charge in [-0.15, -0.1) is 0 Å². The van der Waals surface area contributed by atoms with Crippen molar-refractivity contribution in [3.8, 4) is 0 Å².